The molecule has 2 aromatic rings. The fourth-order valence-corrected chi connectivity index (χ4v) is 3.55. The Hall–Kier alpha value is -2.88. The van der Waals surface area contributed by atoms with Crippen molar-refractivity contribution in [2.45, 2.75) is 25.7 Å². The van der Waals surface area contributed by atoms with Crippen molar-refractivity contribution in [3.05, 3.63) is 83.9 Å². The minimum atomic E-state index is -1.85. The zero-order valence-corrected chi connectivity index (χ0v) is 14.3. The molecule has 0 aliphatic heterocycles. The van der Waals surface area contributed by atoms with Crippen LogP contribution in [0.1, 0.15) is 36.8 Å². The molecule has 0 radical (unpaired) electrons. The number of carbonyl (C=O) groups excluding carboxylic acids is 2. The number of hydrogen-bond acceptors (Lipinski definition) is 4. The highest BCUT2D eigenvalue weighted by atomic mass is 16.4. The lowest BCUT2D eigenvalue weighted by atomic mass is 9.59. The van der Waals surface area contributed by atoms with Gasteiger partial charge in [-0.05, 0) is 28.5 Å². The van der Waals surface area contributed by atoms with Crippen LogP contribution in [-0.2, 0) is 9.59 Å². The van der Waals surface area contributed by atoms with Gasteiger partial charge in [0.05, 0.1) is 11.9 Å². The van der Waals surface area contributed by atoms with E-state index >= 15 is 0 Å². The lowest BCUT2D eigenvalue weighted by Gasteiger charge is -2.47. The molecule has 0 saturated heterocycles. The quantitative estimate of drug-likeness (QED) is 0.720. The van der Waals surface area contributed by atoms with Crippen LogP contribution in [0, 0.1) is 5.41 Å². The fourth-order valence-electron chi connectivity index (χ4n) is 3.55. The van der Waals surface area contributed by atoms with E-state index in [1.165, 1.54) is 0 Å². The summed E-state index contributed by atoms with van der Waals surface area (Å²) in [6.07, 6.45) is 0. The third kappa shape index (κ3) is 3.20. The van der Waals surface area contributed by atoms with E-state index in [2.05, 4.69) is 6.58 Å². The first kappa shape index (κ1) is 18.5. The van der Waals surface area contributed by atoms with Crippen molar-refractivity contribution in [2.24, 2.45) is 5.41 Å². The summed E-state index contributed by atoms with van der Waals surface area (Å²) in [5, 5.41) is 24.0. The SMILES string of the molecule is C=C(C(=O)[O-])C(C(=O)[O-])(C(C)c1ccccc1)C(C)c1ccccc1. The van der Waals surface area contributed by atoms with Crippen molar-refractivity contribution in [1.82, 2.24) is 0 Å². The molecule has 130 valence electrons. The molecule has 2 atom stereocenters. The van der Waals surface area contributed by atoms with Gasteiger partial charge in [-0.2, -0.15) is 0 Å². The van der Waals surface area contributed by atoms with Crippen molar-refractivity contribution >= 4 is 11.9 Å². The molecule has 0 amide bonds. The van der Waals surface area contributed by atoms with Gasteiger partial charge in [-0.3, -0.25) is 0 Å². The summed E-state index contributed by atoms with van der Waals surface area (Å²) < 4.78 is 0. The monoisotopic (exact) mass is 336 g/mol. The Labute approximate surface area is 147 Å². The summed E-state index contributed by atoms with van der Waals surface area (Å²) in [6.45, 7) is 6.92. The number of carboxylic acid groups (broad SMARTS) is 2. The van der Waals surface area contributed by atoms with Gasteiger partial charge in [0.2, 0.25) is 0 Å². The van der Waals surface area contributed by atoms with E-state index < -0.39 is 34.8 Å². The minimum absolute atomic E-state index is 0.486. The third-order valence-corrected chi connectivity index (χ3v) is 5.05. The molecule has 0 bridgehead atoms. The van der Waals surface area contributed by atoms with E-state index in [-0.39, 0.29) is 0 Å². The van der Waals surface area contributed by atoms with Gasteiger partial charge in [-0.15, -0.1) is 0 Å². The molecule has 4 heteroatoms. The number of carboxylic acids is 2. The van der Waals surface area contributed by atoms with Gasteiger partial charge in [-0.25, -0.2) is 0 Å². The largest absolute Gasteiger partial charge is 0.549 e. The summed E-state index contributed by atoms with van der Waals surface area (Å²) in [7, 11) is 0. The molecule has 2 rings (SSSR count). The first-order valence-electron chi connectivity index (χ1n) is 8.05. The van der Waals surface area contributed by atoms with Crippen LogP contribution in [0.15, 0.2) is 72.8 Å². The summed E-state index contributed by atoms with van der Waals surface area (Å²) in [6, 6.07) is 17.8. The van der Waals surface area contributed by atoms with Crippen molar-refractivity contribution in [1.29, 1.82) is 0 Å². The highest BCUT2D eigenvalue weighted by molar-refractivity contribution is 5.96. The topological polar surface area (TPSA) is 80.3 Å². The van der Waals surface area contributed by atoms with Gasteiger partial charge in [0.25, 0.3) is 0 Å². The second-order valence-corrected chi connectivity index (χ2v) is 6.19. The third-order valence-electron chi connectivity index (χ3n) is 5.05. The number of aliphatic carboxylic acids is 2. The second kappa shape index (κ2) is 7.34. The average Bonchev–Trinajstić information content (AvgIpc) is 2.63. The van der Waals surface area contributed by atoms with Gasteiger partial charge in [0.15, 0.2) is 0 Å². The van der Waals surface area contributed by atoms with E-state index in [1.54, 1.807) is 62.4 Å². The van der Waals surface area contributed by atoms with Gasteiger partial charge < -0.3 is 19.8 Å². The molecule has 0 saturated carbocycles. The maximum atomic E-state index is 12.3. The summed E-state index contributed by atoms with van der Waals surface area (Å²) in [5.41, 5.74) is -0.949. The van der Waals surface area contributed by atoms with Crippen LogP contribution in [0.25, 0.3) is 0 Å². The predicted octanol–water partition coefficient (Wildman–Crippen LogP) is 1.64. The number of carbonyl (C=O) groups is 2. The number of rotatable bonds is 7. The molecule has 2 unspecified atom stereocenters. The van der Waals surface area contributed by atoms with Gasteiger partial charge >= 0.3 is 0 Å². The fraction of sp³-hybridized carbons (Fsp3) is 0.238. The smallest absolute Gasteiger partial charge is 0.0678 e. The van der Waals surface area contributed by atoms with Crippen LogP contribution < -0.4 is 10.2 Å². The average molecular weight is 336 g/mol. The van der Waals surface area contributed by atoms with Crippen molar-refractivity contribution < 1.29 is 19.8 Å². The zero-order chi connectivity index (χ0) is 18.6. The van der Waals surface area contributed by atoms with Gasteiger partial charge in [-0.1, -0.05) is 81.1 Å². The van der Waals surface area contributed by atoms with Crippen LogP contribution in [0.4, 0.5) is 0 Å². The summed E-state index contributed by atoms with van der Waals surface area (Å²) >= 11 is 0. The lowest BCUT2D eigenvalue weighted by molar-refractivity contribution is -0.324. The standard InChI is InChI=1S/C21H22O4/c1-14(17-10-6-4-7-11-17)21(20(24)25,16(3)19(22)23)15(2)18-12-8-5-9-13-18/h4-15H,3H2,1-2H3,(H,22,23)(H,24,25)/p-2. The molecular weight excluding hydrogens is 316 g/mol. The van der Waals surface area contributed by atoms with E-state index in [9.17, 15) is 19.8 Å². The second-order valence-electron chi connectivity index (χ2n) is 6.19. The zero-order valence-electron chi connectivity index (χ0n) is 14.3. The Bertz CT molecular complexity index is 719. The Kier molecular flexibility index (Phi) is 5.42. The molecule has 0 spiro atoms. The molecule has 0 heterocycles. The van der Waals surface area contributed by atoms with E-state index in [0.29, 0.717) is 11.1 Å². The Morgan fingerprint density at radius 1 is 0.840 bits per heavy atom. The van der Waals surface area contributed by atoms with Crippen molar-refractivity contribution in [2.75, 3.05) is 0 Å². The van der Waals surface area contributed by atoms with Crippen molar-refractivity contribution in [3.63, 3.8) is 0 Å². The number of hydrogen-bond donors (Lipinski definition) is 0. The lowest BCUT2D eigenvalue weighted by Crippen LogP contribution is -2.53. The molecule has 25 heavy (non-hydrogen) atoms. The Balaban J connectivity index is 2.71. The molecular formula is C21H20O4-2. The van der Waals surface area contributed by atoms with Gasteiger partial charge in [0, 0.05) is 5.41 Å². The normalized spacial score (nSPS) is 15.6. The maximum absolute atomic E-state index is 12.3. The molecule has 0 N–H and O–H groups in total. The summed E-state index contributed by atoms with van der Waals surface area (Å²) in [5.74, 6) is -4.43. The highest BCUT2D eigenvalue weighted by Gasteiger charge is 2.46. The van der Waals surface area contributed by atoms with Gasteiger partial charge in [0.1, 0.15) is 0 Å². The van der Waals surface area contributed by atoms with E-state index in [0.717, 1.165) is 0 Å². The molecule has 0 aromatic heterocycles. The predicted molar refractivity (Wildman–Crippen MR) is 91.3 cm³/mol. The van der Waals surface area contributed by atoms with Crippen LogP contribution >= 0.6 is 0 Å². The van der Waals surface area contributed by atoms with E-state index in [1.807, 2.05) is 12.1 Å². The Morgan fingerprint density at radius 2 is 1.20 bits per heavy atom. The highest BCUT2D eigenvalue weighted by Crippen LogP contribution is 2.51. The summed E-state index contributed by atoms with van der Waals surface area (Å²) in [4.78, 5) is 24.0. The van der Waals surface area contributed by atoms with Crippen LogP contribution in [0.2, 0.25) is 0 Å². The van der Waals surface area contributed by atoms with Crippen LogP contribution in [0.3, 0.4) is 0 Å². The van der Waals surface area contributed by atoms with E-state index in [4.69, 9.17) is 0 Å². The molecule has 4 nitrogen and oxygen atoms in total. The first-order valence-corrected chi connectivity index (χ1v) is 8.05. The van der Waals surface area contributed by atoms with Crippen LogP contribution in [0.5, 0.6) is 0 Å². The Morgan fingerprint density at radius 3 is 1.48 bits per heavy atom. The van der Waals surface area contributed by atoms with Crippen LogP contribution in [-0.4, -0.2) is 11.9 Å². The minimum Gasteiger partial charge on any atom is -0.549 e. The molecule has 0 aliphatic rings. The molecule has 0 aliphatic carbocycles. The molecule has 2 aromatic carbocycles. The van der Waals surface area contributed by atoms with Crippen molar-refractivity contribution in [3.8, 4) is 0 Å². The maximum Gasteiger partial charge on any atom is 0.0678 e. The first-order chi connectivity index (χ1) is 11.8. The number of benzene rings is 2. The molecule has 0 fully saturated rings.